The molecule has 0 saturated carbocycles. The lowest BCUT2D eigenvalue weighted by Crippen LogP contribution is -2.34. The van der Waals surface area contributed by atoms with Crippen LogP contribution in [0.5, 0.6) is 0 Å². The number of hydrogen-bond donors (Lipinski definition) is 3. The van der Waals surface area contributed by atoms with E-state index >= 15 is 0 Å². The number of carbonyl (C=O) groups excluding carboxylic acids is 4. The number of hydrogen-bond acceptors (Lipinski definition) is 13. The van der Waals surface area contributed by atoms with Crippen LogP contribution in [0.2, 0.25) is 0 Å². The zero-order chi connectivity index (χ0) is 37.6. The van der Waals surface area contributed by atoms with Crippen LogP contribution >= 0.6 is 0 Å². The summed E-state index contributed by atoms with van der Waals surface area (Å²) in [4.78, 5) is 83.8. The molecule has 0 heterocycles. The first-order chi connectivity index (χ1) is 24.3. The molecule has 0 spiro atoms. The number of benzene rings is 2. The smallest absolute Gasteiger partial charge is 0.338 e. The number of aliphatic carboxylic acids is 3. The standard InChI is InChI=1S/C35H44N2O14/c1-36(22-29(38)39)27-14-10-25(11-15-27)34(46)50-18-6-2-4-8-32(44)48-20-21-49-33(45)9-5-3-7-19-51-35(47)26-12-16-28(17-13-26)37(23-30(40)41)24-31(42)43/h10-17H,2-9,18-24H2,1H3,(H,38,39)(H,40,41)(H,42,43). The fraction of sp³-hybridized carbons (Fsp3) is 0.457. The Morgan fingerprint density at radius 3 is 1.27 bits per heavy atom. The number of unbranched alkanes of at least 4 members (excludes halogenated alkanes) is 4. The number of esters is 4. The Morgan fingerprint density at radius 1 is 0.490 bits per heavy atom. The summed E-state index contributed by atoms with van der Waals surface area (Å²) in [6.45, 7) is -1.03. The minimum atomic E-state index is -1.19. The van der Waals surface area contributed by atoms with Crippen molar-refractivity contribution in [1.82, 2.24) is 0 Å². The third-order valence-corrected chi connectivity index (χ3v) is 7.16. The van der Waals surface area contributed by atoms with Crippen LogP contribution in [0.4, 0.5) is 11.4 Å². The van der Waals surface area contributed by atoms with Crippen molar-refractivity contribution in [2.45, 2.75) is 51.4 Å². The molecule has 0 aliphatic carbocycles. The van der Waals surface area contributed by atoms with Gasteiger partial charge in [-0.25, -0.2) is 9.59 Å². The van der Waals surface area contributed by atoms with Crippen LogP contribution in [0.25, 0.3) is 0 Å². The van der Waals surface area contributed by atoms with Gasteiger partial charge in [-0.15, -0.1) is 0 Å². The first-order valence-corrected chi connectivity index (χ1v) is 16.3. The molecule has 0 unspecified atom stereocenters. The fourth-order valence-electron chi connectivity index (χ4n) is 4.57. The molecule has 278 valence electrons. The van der Waals surface area contributed by atoms with E-state index in [4.69, 9.17) is 34.3 Å². The summed E-state index contributed by atoms with van der Waals surface area (Å²) in [5, 5.41) is 26.8. The van der Waals surface area contributed by atoms with E-state index in [1.54, 1.807) is 31.3 Å². The molecule has 0 aliphatic heterocycles. The monoisotopic (exact) mass is 716 g/mol. The zero-order valence-corrected chi connectivity index (χ0v) is 28.5. The van der Waals surface area contributed by atoms with E-state index in [2.05, 4.69) is 0 Å². The molecule has 0 saturated heterocycles. The lowest BCUT2D eigenvalue weighted by Gasteiger charge is -2.20. The highest BCUT2D eigenvalue weighted by Gasteiger charge is 2.16. The summed E-state index contributed by atoms with van der Waals surface area (Å²) in [5.41, 5.74) is 1.55. The number of rotatable bonds is 25. The second-order valence-electron chi connectivity index (χ2n) is 11.3. The van der Waals surface area contributed by atoms with E-state index in [1.807, 2.05) is 0 Å². The fourth-order valence-corrected chi connectivity index (χ4v) is 4.57. The van der Waals surface area contributed by atoms with Gasteiger partial charge < -0.3 is 44.1 Å². The molecule has 3 N–H and O–H groups in total. The van der Waals surface area contributed by atoms with Crippen molar-refractivity contribution in [2.24, 2.45) is 0 Å². The van der Waals surface area contributed by atoms with Gasteiger partial charge in [-0.05, 0) is 87.1 Å². The summed E-state index contributed by atoms with van der Waals surface area (Å²) in [6.07, 6.45) is 3.63. The number of ether oxygens (including phenoxy) is 4. The normalized spacial score (nSPS) is 10.5. The number of likely N-dealkylation sites (N-methyl/N-ethyl adjacent to an activating group) is 1. The number of nitrogens with zero attached hydrogens (tertiary/aromatic N) is 2. The minimum Gasteiger partial charge on any atom is -0.480 e. The van der Waals surface area contributed by atoms with E-state index in [0.717, 1.165) is 4.90 Å². The molecule has 0 atom stereocenters. The molecule has 0 bridgehead atoms. The Morgan fingerprint density at radius 2 is 0.882 bits per heavy atom. The lowest BCUT2D eigenvalue weighted by atomic mass is 10.2. The van der Waals surface area contributed by atoms with Crippen LogP contribution in [-0.2, 0) is 42.9 Å². The van der Waals surface area contributed by atoms with Gasteiger partial charge in [0.15, 0.2) is 0 Å². The molecule has 2 rings (SSSR count). The topological polar surface area (TPSA) is 224 Å². The van der Waals surface area contributed by atoms with E-state index in [-0.39, 0.29) is 51.4 Å². The first-order valence-electron chi connectivity index (χ1n) is 16.3. The molecule has 0 amide bonds. The third-order valence-electron chi connectivity index (χ3n) is 7.16. The van der Waals surface area contributed by atoms with E-state index < -0.39 is 54.9 Å². The molecular formula is C35H44N2O14. The molecule has 51 heavy (non-hydrogen) atoms. The summed E-state index contributed by atoms with van der Waals surface area (Å²) in [6, 6.07) is 12.1. The van der Waals surface area contributed by atoms with Gasteiger partial charge in [0.2, 0.25) is 0 Å². The van der Waals surface area contributed by atoms with Gasteiger partial charge in [-0.2, -0.15) is 0 Å². The van der Waals surface area contributed by atoms with Gasteiger partial charge in [-0.3, -0.25) is 24.0 Å². The molecule has 16 heteroatoms. The maximum atomic E-state index is 12.3. The van der Waals surface area contributed by atoms with E-state index in [1.165, 1.54) is 29.2 Å². The molecule has 0 aliphatic rings. The number of anilines is 2. The summed E-state index contributed by atoms with van der Waals surface area (Å²) < 4.78 is 20.6. The Kier molecular flexibility index (Phi) is 18.6. The Labute approximate surface area is 294 Å². The molecule has 0 radical (unpaired) electrons. The second-order valence-corrected chi connectivity index (χ2v) is 11.3. The molecule has 0 aromatic heterocycles. The van der Waals surface area contributed by atoms with Crippen LogP contribution < -0.4 is 9.80 Å². The van der Waals surface area contributed by atoms with Gasteiger partial charge in [0, 0.05) is 31.3 Å². The maximum absolute atomic E-state index is 12.3. The highest BCUT2D eigenvalue weighted by Crippen LogP contribution is 2.17. The number of carbonyl (C=O) groups is 7. The highest BCUT2D eigenvalue weighted by atomic mass is 16.6. The van der Waals surface area contributed by atoms with E-state index in [9.17, 15) is 33.6 Å². The highest BCUT2D eigenvalue weighted by molar-refractivity contribution is 5.90. The summed E-state index contributed by atoms with van der Waals surface area (Å²) in [5.74, 6) is -5.31. The molecule has 2 aromatic carbocycles. The van der Waals surface area contributed by atoms with E-state index in [0.29, 0.717) is 55.5 Å². The van der Waals surface area contributed by atoms with Gasteiger partial charge in [0.25, 0.3) is 0 Å². The van der Waals surface area contributed by atoms with Crippen molar-refractivity contribution in [3.63, 3.8) is 0 Å². The lowest BCUT2D eigenvalue weighted by molar-refractivity contribution is -0.152. The Balaban J connectivity index is 1.47. The predicted molar refractivity (Wildman–Crippen MR) is 181 cm³/mol. The average molecular weight is 717 g/mol. The molecular weight excluding hydrogens is 672 g/mol. The van der Waals surface area contributed by atoms with Crippen LogP contribution in [-0.4, -0.2) is 110 Å². The van der Waals surface area contributed by atoms with Crippen molar-refractivity contribution < 1.29 is 67.8 Å². The van der Waals surface area contributed by atoms with Crippen LogP contribution in [0.15, 0.2) is 48.5 Å². The maximum Gasteiger partial charge on any atom is 0.338 e. The summed E-state index contributed by atoms with van der Waals surface area (Å²) >= 11 is 0. The minimum absolute atomic E-state index is 0.0683. The third kappa shape index (κ3) is 17.5. The quantitative estimate of drug-likeness (QED) is 0.0761. The number of carboxylic acid groups (broad SMARTS) is 3. The first kappa shape index (κ1) is 41.5. The predicted octanol–water partition coefficient (Wildman–Crippen LogP) is 3.40. The van der Waals surface area contributed by atoms with Gasteiger partial charge >= 0.3 is 41.8 Å². The Hall–Kier alpha value is -5.67. The molecule has 0 fully saturated rings. The van der Waals surface area contributed by atoms with Gasteiger partial charge in [-0.1, -0.05) is 0 Å². The van der Waals surface area contributed by atoms with Gasteiger partial charge in [0.1, 0.15) is 32.8 Å². The largest absolute Gasteiger partial charge is 0.480 e. The van der Waals surface area contributed by atoms with Crippen molar-refractivity contribution in [2.75, 3.05) is 62.9 Å². The van der Waals surface area contributed by atoms with Crippen molar-refractivity contribution >= 4 is 53.2 Å². The van der Waals surface area contributed by atoms with Crippen molar-refractivity contribution in [3.8, 4) is 0 Å². The second kappa shape index (κ2) is 22.9. The summed E-state index contributed by atoms with van der Waals surface area (Å²) in [7, 11) is 1.63. The van der Waals surface area contributed by atoms with Crippen molar-refractivity contribution in [1.29, 1.82) is 0 Å². The van der Waals surface area contributed by atoms with Crippen LogP contribution in [0.3, 0.4) is 0 Å². The average Bonchev–Trinajstić information content (AvgIpc) is 3.08. The Bertz CT molecular complexity index is 1440. The SMILES string of the molecule is CN(CC(=O)O)c1ccc(C(=O)OCCCCCC(=O)OCCOC(=O)CCCCCOC(=O)c2ccc(N(CC(=O)O)CC(=O)O)cc2)cc1. The van der Waals surface area contributed by atoms with Crippen LogP contribution in [0.1, 0.15) is 72.1 Å². The zero-order valence-electron chi connectivity index (χ0n) is 28.5. The van der Waals surface area contributed by atoms with Crippen molar-refractivity contribution in [3.05, 3.63) is 59.7 Å². The number of carboxylic acids is 3. The van der Waals surface area contributed by atoms with Crippen LogP contribution in [0, 0.1) is 0 Å². The molecule has 2 aromatic rings. The van der Waals surface area contributed by atoms with Gasteiger partial charge in [0.05, 0.1) is 24.3 Å². The molecule has 16 nitrogen and oxygen atoms in total.